The fourth-order valence-electron chi connectivity index (χ4n) is 2.65. The number of aryl methyl sites for hydroxylation is 1. The van der Waals surface area contributed by atoms with E-state index < -0.39 is 0 Å². The SMILES string of the molecule is Cc1nnc(N2CCOc3ccccc3C2)c(CN)c1C. The van der Waals surface area contributed by atoms with Crippen molar-refractivity contribution in [1.82, 2.24) is 10.2 Å². The first-order valence-electron chi connectivity index (χ1n) is 7.19. The maximum atomic E-state index is 5.94. The molecule has 1 aliphatic heterocycles. The van der Waals surface area contributed by atoms with Crippen molar-refractivity contribution in [3.05, 3.63) is 46.6 Å². The molecule has 0 unspecified atom stereocenters. The molecule has 0 amide bonds. The minimum absolute atomic E-state index is 0.469. The molecular weight excluding hydrogens is 264 g/mol. The molecule has 110 valence electrons. The van der Waals surface area contributed by atoms with Crippen LogP contribution in [-0.2, 0) is 13.1 Å². The zero-order chi connectivity index (χ0) is 14.8. The molecule has 3 rings (SSSR count). The van der Waals surface area contributed by atoms with Crippen molar-refractivity contribution in [1.29, 1.82) is 0 Å². The maximum absolute atomic E-state index is 5.94. The Balaban J connectivity index is 2.00. The number of benzene rings is 1. The lowest BCUT2D eigenvalue weighted by Crippen LogP contribution is -2.28. The Labute approximate surface area is 124 Å². The van der Waals surface area contributed by atoms with Crippen molar-refractivity contribution in [3.63, 3.8) is 0 Å². The van der Waals surface area contributed by atoms with E-state index in [1.54, 1.807) is 0 Å². The van der Waals surface area contributed by atoms with Gasteiger partial charge < -0.3 is 15.4 Å². The highest BCUT2D eigenvalue weighted by Crippen LogP contribution is 2.28. The number of para-hydroxylation sites is 1. The van der Waals surface area contributed by atoms with Crippen LogP contribution in [0.1, 0.15) is 22.4 Å². The zero-order valence-electron chi connectivity index (χ0n) is 12.5. The molecule has 5 heteroatoms. The van der Waals surface area contributed by atoms with Gasteiger partial charge in [0, 0.05) is 24.2 Å². The Morgan fingerprint density at radius 3 is 2.86 bits per heavy atom. The van der Waals surface area contributed by atoms with Crippen LogP contribution in [0.25, 0.3) is 0 Å². The molecule has 0 aliphatic carbocycles. The largest absolute Gasteiger partial charge is 0.491 e. The summed E-state index contributed by atoms with van der Waals surface area (Å²) >= 11 is 0. The standard InChI is InChI=1S/C16H20N4O/c1-11-12(2)18-19-16(14(11)9-17)20-7-8-21-15-6-4-3-5-13(15)10-20/h3-6H,7-10,17H2,1-2H3. The van der Waals surface area contributed by atoms with Crippen molar-refractivity contribution < 1.29 is 4.74 Å². The highest BCUT2D eigenvalue weighted by Gasteiger charge is 2.20. The first-order valence-corrected chi connectivity index (χ1v) is 7.19. The van der Waals surface area contributed by atoms with Crippen LogP contribution in [-0.4, -0.2) is 23.3 Å². The molecule has 0 saturated carbocycles. The van der Waals surface area contributed by atoms with Gasteiger partial charge in [-0.05, 0) is 25.5 Å². The number of hydrogen-bond donors (Lipinski definition) is 1. The third-order valence-electron chi connectivity index (χ3n) is 4.02. The predicted octanol–water partition coefficient (Wildman–Crippen LogP) is 1.95. The molecule has 2 heterocycles. The number of anilines is 1. The number of nitrogens with two attached hydrogens (primary N) is 1. The number of hydrogen-bond acceptors (Lipinski definition) is 5. The van der Waals surface area contributed by atoms with Gasteiger partial charge in [-0.15, -0.1) is 5.10 Å². The summed E-state index contributed by atoms with van der Waals surface area (Å²) in [4.78, 5) is 2.20. The van der Waals surface area contributed by atoms with E-state index in [0.717, 1.165) is 47.0 Å². The molecule has 0 bridgehead atoms. The molecule has 1 aromatic carbocycles. The van der Waals surface area contributed by atoms with E-state index in [-0.39, 0.29) is 0 Å². The van der Waals surface area contributed by atoms with Crippen LogP contribution in [0.15, 0.2) is 24.3 Å². The van der Waals surface area contributed by atoms with Gasteiger partial charge in [-0.3, -0.25) is 0 Å². The van der Waals surface area contributed by atoms with Crippen molar-refractivity contribution >= 4 is 5.82 Å². The molecule has 0 saturated heterocycles. The molecule has 1 aromatic heterocycles. The molecule has 0 fully saturated rings. The van der Waals surface area contributed by atoms with Crippen LogP contribution in [0.3, 0.4) is 0 Å². The molecule has 5 nitrogen and oxygen atoms in total. The summed E-state index contributed by atoms with van der Waals surface area (Å²) < 4.78 is 5.81. The van der Waals surface area contributed by atoms with E-state index in [9.17, 15) is 0 Å². The zero-order valence-corrected chi connectivity index (χ0v) is 12.5. The number of nitrogens with zero attached hydrogens (tertiary/aromatic N) is 3. The highest BCUT2D eigenvalue weighted by atomic mass is 16.5. The topological polar surface area (TPSA) is 64.3 Å². The van der Waals surface area contributed by atoms with E-state index >= 15 is 0 Å². The van der Waals surface area contributed by atoms with Crippen LogP contribution < -0.4 is 15.4 Å². The Hall–Kier alpha value is -2.14. The average Bonchev–Trinajstić information content (AvgIpc) is 2.72. The van der Waals surface area contributed by atoms with Crippen molar-refractivity contribution in [2.75, 3.05) is 18.1 Å². The highest BCUT2D eigenvalue weighted by molar-refractivity contribution is 5.52. The minimum Gasteiger partial charge on any atom is -0.491 e. The van der Waals surface area contributed by atoms with Crippen molar-refractivity contribution in [3.8, 4) is 5.75 Å². The van der Waals surface area contributed by atoms with E-state index in [0.29, 0.717) is 13.2 Å². The minimum atomic E-state index is 0.469. The van der Waals surface area contributed by atoms with Crippen LogP contribution in [0.4, 0.5) is 5.82 Å². The molecule has 2 aromatic rings. The number of rotatable bonds is 2. The van der Waals surface area contributed by atoms with Crippen LogP contribution in [0, 0.1) is 13.8 Å². The first kappa shape index (κ1) is 13.8. The van der Waals surface area contributed by atoms with Gasteiger partial charge >= 0.3 is 0 Å². The summed E-state index contributed by atoms with van der Waals surface area (Å²) in [5.41, 5.74) is 10.2. The summed E-state index contributed by atoms with van der Waals surface area (Å²) in [6.45, 7) is 6.66. The number of ether oxygens (including phenoxy) is 1. The normalized spacial score (nSPS) is 14.3. The Bertz CT molecular complexity index is 657. The number of fused-ring (bicyclic) bond motifs is 1. The van der Waals surface area contributed by atoms with E-state index in [1.807, 2.05) is 25.1 Å². The molecule has 0 spiro atoms. The summed E-state index contributed by atoms with van der Waals surface area (Å²) in [6, 6.07) is 8.12. The first-order chi connectivity index (χ1) is 10.2. The van der Waals surface area contributed by atoms with Gasteiger partial charge in [-0.25, -0.2) is 0 Å². The van der Waals surface area contributed by atoms with Gasteiger partial charge in [-0.1, -0.05) is 18.2 Å². The van der Waals surface area contributed by atoms with Gasteiger partial charge in [0.1, 0.15) is 12.4 Å². The van der Waals surface area contributed by atoms with Crippen LogP contribution >= 0.6 is 0 Å². The summed E-state index contributed by atoms with van der Waals surface area (Å²) in [6.07, 6.45) is 0. The Morgan fingerprint density at radius 2 is 2.05 bits per heavy atom. The Kier molecular flexibility index (Phi) is 3.75. The quantitative estimate of drug-likeness (QED) is 0.913. The molecule has 0 atom stereocenters. The smallest absolute Gasteiger partial charge is 0.156 e. The van der Waals surface area contributed by atoms with Gasteiger partial charge in [0.25, 0.3) is 0 Å². The van der Waals surface area contributed by atoms with Gasteiger partial charge in [0.2, 0.25) is 0 Å². The third kappa shape index (κ3) is 2.56. The van der Waals surface area contributed by atoms with Gasteiger partial charge in [-0.2, -0.15) is 5.10 Å². The van der Waals surface area contributed by atoms with E-state index in [4.69, 9.17) is 10.5 Å². The van der Waals surface area contributed by atoms with Crippen molar-refractivity contribution in [2.24, 2.45) is 5.73 Å². The Morgan fingerprint density at radius 1 is 1.24 bits per heavy atom. The van der Waals surface area contributed by atoms with Crippen molar-refractivity contribution in [2.45, 2.75) is 26.9 Å². The fourth-order valence-corrected chi connectivity index (χ4v) is 2.65. The van der Waals surface area contributed by atoms with Crippen LogP contribution in [0.5, 0.6) is 5.75 Å². The van der Waals surface area contributed by atoms with Gasteiger partial charge in [0.15, 0.2) is 5.82 Å². The van der Waals surface area contributed by atoms with Crippen LogP contribution in [0.2, 0.25) is 0 Å². The summed E-state index contributed by atoms with van der Waals surface area (Å²) in [5.74, 6) is 1.83. The predicted molar refractivity (Wildman–Crippen MR) is 82.4 cm³/mol. The second-order valence-electron chi connectivity index (χ2n) is 5.29. The summed E-state index contributed by atoms with van der Waals surface area (Å²) in [7, 11) is 0. The second-order valence-corrected chi connectivity index (χ2v) is 5.29. The molecule has 2 N–H and O–H groups in total. The second kappa shape index (κ2) is 5.69. The maximum Gasteiger partial charge on any atom is 0.156 e. The molecule has 0 radical (unpaired) electrons. The molecular formula is C16H20N4O. The molecule has 1 aliphatic rings. The summed E-state index contributed by atoms with van der Waals surface area (Å²) in [5, 5.41) is 8.65. The van der Waals surface area contributed by atoms with E-state index in [2.05, 4.69) is 28.1 Å². The monoisotopic (exact) mass is 284 g/mol. The lowest BCUT2D eigenvalue weighted by Gasteiger charge is -2.24. The fraction of sp³-hybridized carbons (Fsp3) is 0.375. The molecule has 21 heavy (non-hydrogen) atoms. The number of aromatic nitrogens is 2. The van der Waals surface area contributed by atoms with Gasteiger partial charge in [0.05, 0.1) is 12.2 Å². The lowest BCUT2D eigenvalue weighted by molar-refractivity contribution is 0.331. The third-order valence-corrected chi connectivity index (χ3v) is 4.02. The average molecular weight is 284 g/mol. The lowest BCUT2D eigenvalue weighted by atomic mass is 10.1. The van der Waals surface area contributed by atoms with E-state index in [1.165, 1.54) is 0 Å².